The molecule has 102 valence electrons. The summed E-state index contributed by atoms with van der Waals surface area (Å²) in [6, 6.07) is 12.7. The third-order valence-electron chi connectivity index (χ3n) is 3.08. The minimum atomic E-state index is -0.289. The quantitative estimate of drug-likeness (QED) is 0.758. The zero-order chi connectivity index (χ0) is 14.1. The van der Waals surface area contributed by atoms with E-state index in [9.17, 15) is 4.39 Å². The predicted octanol–water partition coefficient (Wildman–Crippen LogP) is 4.44. The summed E-state index contributed by atoms with van der Waals surface area (Å²) in [6.45, 7) is 0. The Morgan fingerprint density at radius 1 is 1.25 bits per heavy atom. The molecular formula is C15H12BrFN2S. The maximum atomic E-state index is 13.8. The second-order valence-electron chi connectivity index (χ2n) is 4.57. The molecule has 1 unspecified atom stereocenters. The van der Waals surface area contributed by atoms with Gasteiger partial charge in [0, 0.05) is 4.47 Å². The molecule has 20 heavy (non-hydrogen) atoms. The Labute approximate surface area is 128 Å². The topological polar surface area (TPSA) is 38.9 Å². The van der Waals surface area contributed by atoms with E-state index >= 15 is 0 Å². The molecular weight excluding hydrogens is 339 g/mol. The lowest BCUT2D eigenvalue weighted by Gasteiger charge is -2.09. The van der Waals surface area contributed by atoms with E-state index in [1.54, 1.807) is 17.4 Å². The van der Waals surface area contributed by atoms with Crippen molar-refractivity contribution in [3.63, 3.8) is 0 Å². The molecule has 2 aromatic carbocycles. The van der Waals surface area contributed by atoms with Crippen LogP contribution in [0.3, 0.4) is 0 Å². The van der Waals surface area contributed by atoms with E-state index < -0.39 is 0 Å². The minimum Gasteiger partial charge on any atom is -0.322 e. The van der Waals surface area contributed by atoms with Crippen molar-refractivity contribution in [1.29, 1.82) is 0 Å². The Hall–Kier alpha value is -1.30. The van der Waals surface area contributed by atoms with Gasteiger partial charge in [0.1, 0.15) is 10.8 Å². The number of para-hydroxylation sites is 1. The van der Waals surface area contributed by atoms with Crippen molar-refractivity contribution in [2.45, 2.75) is 12.5 Å². The van der Waals surface area contributed by atoms with Gasteiger partial charge in [0.15, 0.2) is 0 Å². The number of thiazole rings is 1. The van der Waals surface area contributed by atoms with Gasteiger partial charge < -0.3 is 5.73 Å². The molecule has 0 radical (unpaired) electrons. The number of nitrogens with zero attached hydrogens (tertiary/aromatic N) is 1. The van der Waals surface area contributed by atoms with Crippen molar-refractivity contribution in [2.75, 3.05) is 0 Å². The van der Waals surface area contributed by atoms with Gasteiger partial charge in [-0.15, -0.1) is 11.3 Å². The monoisotopic (exact) mass is 350 g/mol. The summed E-state index contributed by atoms with van der Waals surface area (Å²) in [5.74, 6) is -0.240. The fourth-order valence-electron chi connectivity index (χ4n) is 2.06. The van der Waals surface area contributed by atoms with E-state index in [1.807, 2.05) is 30.3 Å². The van der Waals surface area contributed by atoms with Gasteiger partial charge in [-0.05, 0) is 36.2 Å². The second kappa shape index (κ2) is 5.60. The maximum absolute atomic E-state index is 13.8. The molecule has 1 aromatic heterocycles. The maximum Gasteiger partial charge on any atom is 0.127 e. The second-order valence-corrected chi connectivity index (χ2v) is 6.54. The number of rotatable bonds is 3. The lowest BCUT2D eigenvalue weighted by atomic mass is 10.1. The van der Waals surface area contributed by atoms with Gasteiger partial charge in [-0.1, -0.05) is 34.1 Å². The van der Waals surface area contributed by atoms with Crippen molar-refractivity contribution in [3.8, 4) is 0 Å². The summed E-state index contributed by atoms with van der Waals surface area (Å²) in [5.41, 5.74) is 7.72. The van der Waals surface area contributed by atoms with E-state index in [2.05, 4.69) is 20.9 Å². The van der Waals surface area contributed by atoms with E-state index in [0.717, 1.165) is 19.7 Å². The highest BCUT2D eigenvalue weighted by molar-refractivity contribution is 9.10. The Bertz CT molecular complexity index is 723. The number of fused-ring (bicyclic) bond motifs is 1. The summed E-state index contributed by atoms with van der Waals surface area (Å²) >= 11 is 4.81. The highest BCUT2D eigenvalue weighted by atomic mass is 79.9. The SMILES string of the molecule is NC(Cc1ccc(Br)cc1F)c1nc2ccccc2s1. The first-order chi connectivity index (χ1) is 9.63. The van der Waals surface area contributed by atoms with Gasteiger partial charge in [0.2, 0.25) is 0 Å². The summed E-state index contributed by atoms with van der Waals surface area (Å²) in [7, 11) is 0. The first-order valence-corrected chi connectivity index (χ1v) is 7.79. The van der Waals surface area contributed by atoms with E-state index in [0.29, 0.717) is 12.0 Å². The van der Waals surface area contributed by atoms with Gasteiger partial charge in [0.05, 0.1) is 16.3 Å². The van der Waals surface area contributed by atoms with Gasteiger partial charge >= 0.3 is 0 Å². The van der Waals surface area contributed by atoms with Gasteiger partial charge in [-0.25, -0.2) is 9.37 Å². The average molecular weight is 351 g/mol. The number of halogens is 2. The van der Waals surface area contributed by atoms with Crippen LogP contribution in [0.1, 0.15) is 16.6 Å². The number of aromatic nitrogens is 1. The Kier molecular flexibility index (Phi) is 3.83. The molecule has 0 aliphatic rings. The third-order valence-corrected chi connectivity index (χ3v) is 4.74. The molecule has 3 rings (SSSR count). The smallest absolute Gasteiger partial charge is 0.127 e. The molecule has 0 aliphatic carbocycles. The number of benzene rings is 2. The molecule has 2 nitrogen and oxygen atoms in total. The molecule has 3 aromatic rings. The van der Waals surface area contributed by atoms with Crippen LogP contribution in [0.15, 0.2) is 46.9 Å². The summed E-state index contributed by atoms with van der Waals surface area (Å²) < 4.78 is 15.7. The molecule has 0 saturated carbocycles. The van der Waals surface area contributed by atoms with Crippen LogP contribution in [0.25, 0.3) is 10.2 Å². The summed E-state index contributed by atoms with van der Waals surface area (Å²) in [6.07, 6.45) is 0.443. The molecule has 0 fully saturated rings. The molecule has 1 atom stereocenters. The molecule has 5 heteroatoms. The first kappa shape index (κ1) is 13.7. The molecule has 0 amide bonds. The van der Waals surface area contributed by atoms with Gasteiger partial charge in [-0.3, -0.25) is 0 Å². The van der Waals surface area contributed by atoms with E-state index in [1.165, 1.54) is 6.07 Å². The highest BCUT2D eigenvalue weighted by Gasteiger charge is 2.14. The van der Waals surface area contributed by atoms with E-state index in [4.69, 9.17) is 5.73 Å². The normalized spacial score (nSPS) is 12.8. The van der Waals surface area contributed by atoms with Crippen LogP contribution in [0, 0.1) is 5.82 Å². The standard InChI is InChI=1S/C15H12BrFN2S/c16-10-6-5-9(11(17)8-10)7-12(18)15-19-13-3-1-2-4-14(13)20-15/h1-6,8,12H,7,18H2. The lowest BCUT2D eigenvalue weighted by Crippen LogP contribution is -2.13. The van der Waals surface area contributed by atoms with Crippen molar-refractivity contribution in [1.82, 2.24) is 4.98 Å². The summed E-state index contributed by atoms with van der Waals surface area (Å²) in [4.78, 5) is 4.52. The first-order valence-electron chi connectivity index (χ1n) is 6.18. The van der Waals surface area contributed by atoms with Crippen LogP contribution in [0.5, 0.6) is 0 Å². The number of hydrogen-bond donors (Lipinski definition) is 1. The number of hydrogen-bond acceptors (Lipinski definition) is 3. The average Bonchev–Trinajstić information content (AvgIpc) is 2.86. The largest absolute Gasteiger partial charge is 0.322 e. The molecule has 0 aliphatic heterocycles. The van der Waals surface area contributed by atoms with Crippen LogP contribution in [0.2, 0.25) is 0 Å². The van der Waals surface area contributed by atoms with E-state index in [-0.39, 0.29) is 11.9 Å². The molecule has 0 bridgehead atoms. The third kappa shape index (κ3) is 2.75. The molecule has 0 saturated heterocycles. The highest BCUT2D eigenvalue weighted by Crippen LogP contribution is 2.27. The number of nitrogens with two attached hydrogens (primary N) is 1. The van der Waals surface area contributed by atoms with Crippen molar-refractivity contribution >= 4 is 37.5 Å². The van der Waals surface area contributed by atoms with Crippen molar-refractivity contribution in [2.24, 2.45) is 5.73 Å². The van der Waals surface area contributed by atoms with Gasteiger partial charge in [0.25, 0.3) is 0 Å². The van der Waals surface area contributed by atoms with Gasteiger partial charge in [-0.2, -0.15) is 0 Å². The summed E-state index contributed by atoms with van der Waals surface area (Å²) in [5, 5.41) is 0.841. The van der Waals surface area contributed by atoms with Crippen LogP contribution in [-0.4, -0.2) is 4.98 Å². The zero-order valence-electron chi connectivity index (χ0n) is 10.5. The Morgan fingerprint density at radius 3 is 2.80 bits per heavy atom. The molecule has 2 N–H and O–H groups in total. The Morgan fingerprint density at radius 2 is 2.05 bits per heavy atom. The molecule has 0 spiro atoms. The fraction of sp³-hybridized carbons (Fsp3) is 0.133. The van der Waals surface area contributed by atoms with Crippen molar-refractivity contribution < 1.29 is 4.39 Å². The van der Waals surface area contributed by atoms with Crippen LogP contribution < -0.4 is 5.73 Å². The predicted molar refractivity (Wildman–Crippen MR) is 84.4 cm³/mol. The van der Waals surface area contributed by atoms with Crippen LogP contribution in [0.4, 0.5) is 4.39 Å². The van der Waals surface area contributed by atoms with Crippen LogP contribution in [-0.2, 0) is 6.42 Å². The fourth-order valence-corrected chi connectivity index (χ4v) is 3.36. The van der Waals surface area contributed by atoms with Crippen molar-refractivity contribution in [3.05, 3.63) is 63.3 Å². The Balaban J connectivity index is 1.86. The minimum absolute atomic E-state index is 0.240. The lowest BCUT2D eigenvalue weighted by molar-refractivity contribution is 0.592. The van der Waals surface area contributed by atoms with Crippen LogP contribution >= 0.6 is 27.3 Å². The zero-order valence-corrected chi connectivity index (χ0v) is 12.9. The molecule has 1 heterocycles.